The maximum absolute atomic E-state index is 5.74. The molecule has 0 saturated heterocycles. The van der Waals surface area contributed by atoms with Crippen molar-refractivity contribution in [1.29, 1.82) is 0 Å². The van der Waals surface area contributed by atoms with E-state index in [9.17, 15) is 0 Å². The van der Waals surface area contributed by atoms with Crippen LogP contribution in [0, 0.1) is 31.6 Å². The maximum atomic E-state index is 5.74. The van der Waals surface area contributed by atoms with E-state index in [1.54, 1.807) is 0 Å². The lowest BCUT2D eigenvalue weighted by atomic mass is 9.97. The molecule has 0 aliphatic heterocycles. The van der Waals surface area contributed by atoms with Crippen LogP contribution in [0.5, 0.6) is 0 Å². The molecule has 1 fully saturated rings. The average molecular weight is 122 g/mol. The van der Waals surface area contributed by atoms with Gasteiger partial charge in [0.2, 0.25) is 0 Å². The third-order valence-corrected chi connectivity index (χ3v) is 1.56. The van der Waals surface area contributed by atoms with Gasteiger partial charge in [-0.15, -0.1) is 0 Å². The molecule has 2 N–H and O–H groups in total. The lowest BCUT2D eigenvalue weighted by Gasteiger charge is -2.14. The van der Waals surface area contributed by atoms with Crippen molar-refractivity contribution in [2.45, 2.75) is 19.4 Å². The van der Waals surface area contributed by atoms with E-state index in [1.807, 2.05) is 12.8 Å². The van der Waals surface area contributed by atoms with Crippen molar-refractivity contribution in [3.63, 3.8) is 0 Å². The molecule has 1 heteroatoms. The van der Waals surface area contributed by atoms with Gasteiger partial charge in [0.05, 0.1) is 0 Å². The second kappa shape index (κ2) is 3.21. The predicted octanol–water partition coefficient (Wildman–Crippen LogP) is 1.13. The first-order chi connectivity index (χ1) is 4.34. The number of nitrogens with two attached hydrogens (primary N) is 1. The molecule has 0 heterocycles. The molecule has 1 saturated carbocycles. The van der Waals surface area contributed by atoms with Crippen LogP contribution in [0.25, 0.3) is 0 Å². The van der Waals surface area contributed by atoms with Crippen LogP contribution in [0.15, 0.2) is 0 Å². The summed E-state index contributed by atoms with van der Waals surface area (Å²) < 4.78 is 0. The summed E-state index contributed by atoms with van der Waals surface area (Å²) in [6.07, 6.45) is 9.18. The van der Waals surface area contributed by atoms with Gasteiger partial charge in [0.1, 0.15) is 0 Å². The van der Waals surface area contributed by atoms with Gasteiger partial charge in [-0.1, -0.05) is 6.92 Å². The normalized spacial score (nSPS) is 24.7. The Morgan fingerprint density at radius 2 is 2.00 bits per heavy atom. The Labute approximate surface area is 57.6 Å². The molecular weight excluding hydrogens is 110 g/mol. The molecular formula is C8H12N. The van der Waals surface area contributed by atoms with Gasteiger partial charge in [-0.05, 0) is 38.0 Å². The molecule has 0 bridgehead atoms. The molecule has 0 aromatic rings. The summed E-state index contributed by atoms with van der Waals surface area (Å²) in [5.74, 6) is 1.25. The molecule has 0 aromatic heterocycles. The second-order valence-electron chi connectivity index (χ2n) is 2.23. The monoisotopic (exact) mass is 122 g/mol. The Morgan fingerprint density at radius 1 is 1.44 bits per heavy atom. The summed E-state index contributed by atoms with van der Waals surface area (Å²) in [5.41, 5.74) is 5.74. The fourth-order valence-electron chi connectivity index (χ4n) is 0.872. The van der Waals surface area contributed by atoms with Crippen LogP contribution < -0.4 is 5.73 Å². The average Bonchev–Trinajstić information content (AvgIpc) is 2.37. The van der Waals surface area contributed by atoms with E-state index in [1.165, 1.54) is 5.92 Å². The topological polar surface area (TPSA) is 26.0 Å². The summed E-state index contributed by atoms with van der Waals surface area (Å²) in [6, 6.07) is 0.236. The van der Waals surface area contributed by atoms with Crippen LogP contribution in [-0.4, -0.2) is 6.04 Å². The van der Waals surface area contributed by atoms with Gasteiger partial charge in [-0.25, -0.2) is 0 Å². The fraction of sp³-hybridized carbons (Fsp3) is 0.375. The van der Waals surface area contributed by atoms with E-state index in [4.69, 9.17) is 5.73 Å². The number of rotatable bonds is 2. The Kier molecular flexibility index (Phi) is 2.52. The predicted molar refractivity (Wildman–Crippen MR) is 38.7 cm³/mol. The van der Waals surface area contributed by atoms with Crippen LogP contribution in [-0.2, 0) is 0 Å². The van der Waals surface area contributed by atoms with Crippen molar-refractivity contribution in [3.05, 3.63) is 31.6 Å². The van der Waals surface area contributed by atoms with Crippen molar-refractivity contribution in [1.82, 2.24) is 0 Å². The highest BCUT2D eigenvalue weighted by Crippen LogP contribution is 2.26. The molecule has 1 atom stereocenters. The Hall–Kier alpha value is -0.0400. The molecule has 0 amide bonds. The van der Waals surface area contributed by atoms with E-state index in [2.05, 4.69) is 19.8 Å². The first kappa shape index (κ1) is 7.07. The van der Waals surface area contributed by atoms with E-state index in [-0.39, 0.29) is 6.04 Å². The van der Waals surface area contributed by atoms with Crippen LogP contribution in [0.4, 0.5) is 0 Å². The van der Waals surface area contributed by atoms with Crippen molar-refractivity contribution in [3.8, 4) is 0 Å². The molecule has 5 radical (unpaired) electrons. The van der Waals surface area contributed by atoms with E-state index in [0.29, 0.717) is 0 Å². The Bertz CT molecular complexity index is 74.6. The summed E-state index contributed by atoms with van der Waals surface area (Å²) >= 11 is 0. The van der Waals surface area contributed by atoms with Gasteiger partial charge in [-0.3, -0.25) is 0 Å². The molecule has 0 aromatic carbocycles. The smallest absolute Gasteiger partial charge is 0.0105 e. The zero-order valence-corrected chi connectivity index (χ0v) is 5.67. The fourth-order valence-corrected chi connectivity index (χ4v) is 0.872. The number of hydrogen-bond donors (Lipinski definition) is 1. The Morgan fingerprint density at radius 3 is 2.44 bits per heavy atom. The second-order valence-corrected chi connectivity index (χ2v) is 2.23. The molecule has 0 spiro atoms. The molecule has 0 unspecified atom stereocenters. The Balaban J connectivity index is 2.24. The summed E-state index contributed by atoms with van der Waals surface area (Å²) in [5, 5.41) is 0. The first-order valence-electron chi connectivity index (χ1n) is 3.31. The number of hydrogen-bond acceptors (Lipinski definition) is 1. The van der Waals surface area contributed by atoms with Gasteiger partial charge in [0.15, 0.2) is 0 Å². The lowest BCUT2D eigenvalue weighted by Crippen LogP contribution is -2.25. The minimum Gasteiger partial charge on any atom is -0.327 e. The minimum absolute atomic E-state index is 0.236. The SMILES string of the molecule is CC[C@@H](N)[C]1[CH][CH][CH][CH]1. The van der Waals surface area contributed by atoms with Crippen LogP contribution in [0.3, 0.4) is 0 Å². The van der Waals surface area contributed by atoms with Crippen molar-refractivity contribution < 1.29 is 0 Å². The van der Waals surface area contributed by atoms with Gasteiger partial charge >= 0.3 is 0 Å². The van der Waals surface area contributed by atoms with Gasteiger partial charge in [0, 0.05) is 6.04 Å². The van der Waals surface area contributed by atoms with Crippen LogP contribution in [0.2, 0.25) is 0 Å². The van der Waals surface area contributed by atoms with E-state index >= 15 is 0 Å². The van der Waals surface area contributed by atoms with Gasteiger partial charge in [-0.2, -0.15) is 0 Å². The maximum Gasteiger partial charge on any atom is 0.0105 e. The first-order valence-corrected chi connectivity index (χ1v) is 3.31. The third-order valence-electron chi connectivity index (χ3n) is 1.56. The highest BCUT2D eigenvalue weighted by atomic mass is 14.6. The molecule has 49 valence electrons. The molecule has 1 aliphatic rings. The zero-order valence-electron chi connectivity index (χ0n) is 5.67. The standard InChI is InChI=1S/C8H12N/c1-2-8(9)7-5-3-4-6-7/h3-6,8H,2,9H2,1H3/t8-/m1/s1. The van der Waals surface area contributed by atoms with Gasteiger partial charge < -0.3 is 5.73 Å². The molecule has 1 nitrogen and oxygen atoms in total. The summed E-state index contributed by atoms with van der Waals surface area (Å²) in [4.78, 5) is 0. The van der Waals surface area contributed by atoms with E-state index in [0.717, 1.165) is 6.42 Å². The lowest BCUT2D eigenvalue weighted by molar-refractivity contribution is 0.696. The highest BCUT2D eigenvalue weighted by molar-refractivity contribution is 5.38. The van der Waals surface area contributed by atoms with Crippen LogP contribution in [0.1, 0.15) is 13.3 Å². The van der Waals surface area contributed by atoms with Gasteiger partial charge in [0.25, 0.3) is 0 Å². The third kappa shape index (κ3) is 1.68. The van der Waals surface area contributed by atoms with Crippen molar-refractivity contribution >= 4 is 0 Å². The van der Waals surface area contributed by atoms with E-state index < -0.39 is 0 Å². The molecule has 1 aliphatic carbocycles. The summed E-state index contributed by atoms with van der Waals surface area (Å²) in [7, 11) is 0. The quantitative estimate of drug-likeness (QED) is 0.583. The van der Waals surface area contributed by atoms with Crippen molar-refractivity contribution in [2.24, 2.45) is 5.73 Å². The van der Waals surface area contributed by atoms with Crippen LogP contribution >= 0.6 is 0 Å². The minimum atomic E-state index is 0.236. The summed E-state index contributed by atoms with van der Waals surface area (Å²) in [6.45, 7) is 2.09. The highest BCUT2D eigenvalue weighted by Gasteiger charge is 2.21. The zero-order chi connectivity index (χ0) is 6.69. The molecule has 1 rings (SSSR count). The molecule has 9 heavy (non-hydrogen) atoms. The van der Waals surface area contributed by atoms with Crippen molar-refractivity contribution in [2.75, 3.05) is 0 Å². The largest absolute Gasteiger partial charge is 0.327 e.